The van der Waals surface area contributed by atoms with Crippen molar-refractivity contribution >= 4 is 17.6 Å². The molecule has 30 valence electrons. The van der Waals surface area contributed by atoms with Gasteiger partial charge < -0.3 is 0 Å². The van der Waals surface area contributed by atoms with E-state index >= 15 is 0 Å². The van der Waals surface area contributed by atoms with Crippen molar-refractivity contribution in [1.82, 2.24) is 0 Å². The number of rotatable bonds is 1. The van der Waals surface area contributed by atoms with Crippen LogP contribution in [0.15, 0.2) is 12.2 Å². The molecule has 1 heteroatoms. The van der Waals surface area contributed by atoms with Gasteiger partial charge in [-0.05, 0) is 12.2 Å². The Morgan fingerprint density at radius 2 is 2.33 bits per heavy atom. The van der Waals surface area contributed by atoms with Gasteiger partial charge >= 0.3 is 0 Å². The summed E-state index contributed by atoms with van der Waals surface area (Å²) in [5, 5.41) is 1.47. The maximum Gasteiger partial charge on any atom is 0.00198 e. The second-order valence-corrected chi connectivity index (χ2v) is 0.934. The van der Waals surface area contributed by atoms with Crippen LogP contribution in [0, 0.1) is 12.3 Å². The monoisotopic (exact) mass is 96.0 g/mol. The van der Waals surface area contributed by atoms with Crippen LogP contribution in [0.5, 0.6) is 0 Å². The molecule has 6 heavy (non-hydrogen) atoms. The minimum atomic E-state index is 1.47. The molecule has 0 aliphatic carbocycles. The molecule has 0 aliphatic heterocycles. The molecule has 0 radical (unpaired) electrons. The van der Waals surface area contributed by atoms with E-state index in [1.54, 1.807) is 12.2 Å². The fraction of sp³-hybridized carbons (Fsp3) is 0. The van der Waals surface area contributed by atoms with Crippen molar-refractivity contribution < 1.29 is 0 Å². The van der Waals surface area contributed by atoms with Crippen LogP contribution in [0.25, 0.3) is 0 Å². The van der Waals surface area contributed by atoms with Crippen LogP contribution in [0.2, 0.25) is 0 Å². The molecular weight excluding hydrogens is 92.1 g/mol. The van der Waals surface area contributed by atoms with Crippen molar-refractivity contribution in [3.8, 4) is 12.3 Å². The number of terminal acetylenes is 1. The lowest BCUT2D eigenvalue weighted by Gasteiger charge is -1.55. The van der Waals surface area contributed by atoms with Crippen molar-refractivity contribution in [2.45, 2.75) is 0 Å². The molecule has 0 N–H and O–H groups in total. The van der Waals surface area contributed by atoms with E-state index in [0.717, 1.165) is 0 Å². The Balaban J connectivity index is 3.26. The molecule has 0 heterocycles. The standard InChI is InChI=1S/C5H4S/c1-2-3-4-5-6/h1,3-5H/b4-3-. The molecular formula is C5H4S. The van der Waals surface area contributed by atoms with Gasteiger partial charge in [-0.2, -0.15) is 0 Å². The molecule has 0 atom stereocenters. The molecule has 0 fully saturated rings. The van der Waals surface area contributed by atoms with E-state index in [-0.39, 0.29) is 0 Å². The fourth-order valence-electron chi connectivity index (χ4n) is 0.0948. The molecule has 0 aromatic heterocycles. The highest BCUT2D eigenvalue weighted by Crippen LogP contribution is 1.60. The third-order valence-electron chi connectivity index (χ3n) is 0.271. The topological polar surface area (TPSA) is 0 Å². The Hall–Kier alpha value is -0.610. The summed E-state index contributed by atoms with van der Waals surface area (Å²) in [5.74, 6) is 2.29. The van der Waals surface area contributed by atoms with E-state index in [1.165, 1.54) is 5.37 Å². The molecule has 0 aliphatic rings. The first-order valence-electron chi connectivity index (χ1n) is 1.48. The van der Waals surface area contributed by atoms with Gasteiger partial charge in [0.25, 0.3) is 0 Å². The second-order valence-electron chi connectivity index (χ2n) is 0.662. The lowest BCUT2D eigenvalue weighted by molar-refractivity contribution is 2.25. The summed E-state index contributed by atoms with van der Waals surface area (Å²) in [6.45, 7) is 0. The van der Waals surface area contributed by atoms with Gasteiger partial charge in [0.15, 0.2) is 0 Å². The minimum Gasteiger partial charge on any atom is -0.115 e. The molecule has 0 saturated carbocycles. The fourth-order valence-corrected chi connectivity index (χ4v) is 0.173. The Bertz CT molecular complexity index is 95.0. The number of hydrogen-bond donors (Lipinski definition) is 0. The highest BCUT2D eigenvalue weighted by molar-refractivity contribution is 7.79. The Morgan fingerprint density at radius 1 is 1.67 bits per heavy atom. The van der Waals surface area contributed by atoms with Crippen molar-refractivity contribution in [2.24, 2.45) is 0 Å². The van der Waals surface area contributed by atoms with Gasteiger partial charge in [-0.3, -0.25) is 0 Å². The van der Waals surface area contributed by atoms with Crippen LogP contribution in [0.3, 0.4) is 0 Å². The zero-order valence-corrected chi connectivity index (χ0v) is 4.03. The van der Waals surface area contributed by atoms with Crippen LogP contribution in [0.4, 0.5) is 0 Å². The summed E-state index contributed by atoms with van der Waals surface area (Å²) in [7, 11) is 0. The molecule has 0 bridgehead atoms. The van der Waals surface area contributed by atoms with Crippen LogP contribution in [0.1, 0.15) is 0 Å². The van der Waals surface area contributed by atoms with Gasteiger partial charge in [-0.15, -0.1) is 6.42 Å². The first-order chi connectivity index (χ1) is 2.91. The first-order valence-corrected chi connectivity index (χ1v) is 1.95. The smallest absolute Gasteiger partial charge is 0.00198 e. The summed E-state index contributed by atoms with van der Waals surface area (Å²) in [5.41, 5.74) is 0. The van der Waals surface area contributed by atoms with Gasteiger partial charge in [0.2, 0.25) is 0 Å². The molecule has 0 spiro atoms. The number of hydrogen-bond acceptors (Lipinski definition) is 1. The van der Waals surface area contributed by atoms with E-state index in [2.05, 4.69) is 18.1 Å². The first kappa shape index (κ1) is 5.39. The summed E-state index contributed by atoms with van der Waals surface area (Å²) < 4.78 is 0. The van der Waals surface area contributed by atoms with Crippen LogP contribution < -0.4 is 0 Å². The molecule has 0 aromatic carbocycles. The second kappa shape index (κ2) is 4.39. The quantitative estimate of drug-likeness (QED) is 0.268. The van der Waals surface area contributed by atoms with Crippen molar-refractivity contribution in [3.05, 3.63) is 12.2 Å². The molecule has 0 saturated heterocycles. The molecule has 0 amide bonds. The average molecular weight is 96.2 g/mol. The summed E-state index contributed by atoms with van der Waals surface area (Å²) in [6, 6.07) is 0. The molecule has 0 unspecified atom stereocenters. The van der Waals surface area contributed by atoms with E-state index in [9.17, 15) is 0 Å². The lowest BCUT2D eigenvalue weighted by Crippen LogP contribution is -1.48. The van der Waals surface area contributed by atoms with E-state index < -0.39 is 0 Å². The van der Waals surface area contributed by atoms with Crippen LogP contribution in [-0.2, 0) is 0 Å². The van der Waals surface area contributed by atoms with E-state index in [1.807, 2.05) is 0 Å². The van der Waals surface area contributed by atoms with E-state index in [0.29, 0.717) is 0 Å². The molecule has 0 nitrogen and oxygen atoms in total. The summed E-state index contributed by atoms with van der Waals surface area (Å²) in [4.78, 5) is 0. The van der Waals surface area contributed by atoms with Gasteiger partial charge in [-0.25, -0.2) is 0 Å². The van der Waals surface area contributed by atoms with Gasteiger partial charge in [0, 0.05) is 5.37 Å². The Kier molecular flexibility index (Phi) is 3.94. The zero-order chi connectivity index (χ0) is 4.83. The van der Waals surface area contributed by atoms with Gasteiger partial charge in [-0.1, -0.05) is 18.1 Å². The SMILES string of the molecule is C#C/C=C\C=S. The molecule has 0 aromatic rings. The Morgan fingerprint density at radius 3 is 2.50 bits per heavy atom. The normalized spacial score (nSPS) is 7.83. The van der Waals surface area contributed by atoms with Crippen LogP contribution in [-0.4, -0.2) is 5.37 Å². The minimum absolute atomic E-state index is 1.47. The number of allylic oxidation sites excluding steroid dienone is 2. The highest BCUT2D eigenvalue weighted by atomic mass is 32.1. The van der Waals surface area contributed by atoms with Crippen LogP contribution >= 0.6 is 12.2 Å². The lowest BCUT2D eigenvalue weighted by atomic mass is 10.5. The predicted molar refractivity (Wildman–Crippen MR) is 31.6 cm³/mol. The van der Waals surface area contributed by atoms with E-state index in [4.69, 9.17) is 6.42 Å². The average Bonchev–Trinajstić information content (AvgIpc) is 1.61. The van der Waals surface area contributed by atoms with Gasteiger partial charge in [0.05, 0.1) is 0 Å². The summed E-state index contributed by atoms with van der Waals surface area (Å²) in [6.07, 6.45) is 7.99. The molecule has 0 rings (SSSR count). The third kappa shape index (κ3) is 3.39. The maximum absolute atomic E-state index is 4.81. The maximum atomic E-state index is 4.81. The van der Waals surface area contributed by atoms with Crippen molar-refractivity contribution in [1.29, 1.82) is 0 Å². The third-order valence-corrected chi connectivity index (χ3v) is 0.428. The van der Waals surface area contributed by atoms with Crippen molar-refractivity contribution in [2.75, 3.05) is 0 Å². The Labute approximate surface area is 42.9 Å². The summed E-state index contributed by atoms with van der Waals surface area (Å²) >= 11 is 4.41. The zero-order valence-electron chi connectivity index (χ0n) is 3.22. The highest BCUT2D eigenvalue weighted by Gasteiger charge is 1.48. The predicted octanol–water partition coefficient (Wildman–Crippen LogP) is 1.18. The largest absolute Gasteiger partial charge is 0.115 e. The number of thiocarbonyl (C=S) groups is 1. The van der Waals surface area contributed by atoms with Gasteiger partial charge in [0.1, 0.15) is 0 Å². The van der Waals surface area contributed by atoms with Crippen molar-refractivity contribution in [3.63, 3.8) is 0 Å².